The third-order valence-electron chi connectivity index (χ3n) is 5.00. The second-order valence-electron chi connectivity index (χ2n) is 6.61. The Kier molecular flexibility index (Phi) is 4.81. The van der Waals surface area contributed by atoms with Crippen molar-refractivity contribution in [1.82, 2.24) is 9.97 Å². The van der Waals surface area contributed by atoms with E-state index in [-0.39, 0.29) is 18.1 Å². The van der Waals surface area contributed by atoms with Crippen molar-refractivity contribution in [2.75, 3.05) is 24.7 Å². The van der Waals surface area contributed by atoms with Gasteiger partial charge in [0.15, 0.2) is 0 Å². The molecule has 6 nitrogen and oxygen atoms in total. The summed E-state index contributed by atoms with van der Waals surface area (Å²) in [5.74, 6) is 2.05. The van der Waals surface area contributed by atoms with Gasteiger partial charge in [0, 0.05) is 37.4 Å². The van der Waals surface area contributed by atoms with E-state index in [1.54, 1.807) is 12.3 Å². The van der Waals surface area contributed by atoms with Crippen molar-refractivity contribution in [2.24, 2.45) is 5.92 Å². The van der Waals surface area contributed by atoms with Gasteiger partial charge in [0.1, 0.15) is 5.75 Å². The first-order valence-corrected chi connectivity index (χ1v) is 8.89. The lowest BCUT2D eigenvalue weighted by atomic mass is 9.89. The maximum absolute atomic E-state index is 10.4. The second-order valence-corrected chi connectivity index (χ2v) is 6.61. The van der Waals surface area contributed by atoms with Crippen LogP contribution in [0.1, 0.15) is 19.3 Å². The number of aromatic nitrogens is 2. The lowest BCUT2D eigenvalue weighted by Gasteiger charge is -2.36. The molecule has 2 aromatic rings. The predicted molar refractivity (Wildman–Crippen MR) is 93.8 cm³/mol. The standard InChI is InChI=1S/C19H23N3O3/c23-17-9-12-24-13-15(17)16-7-4-11-22(16)19-20-10-8-18(21-19)25-14-5-2-1-3-6-14/h1-3,5-6,8,10,15-17,23H,4,7,9,11-13H2/t15-,16-,17+/m0/s1. The summed E-state index contributed by atoms with van der Waals surface area (Å²) in [5.41, 5.74) is 0. The summed E-state index contributed by atoms with van der Waals surface area (Å²) < 4.78 is 11.4. The predicted octanol–water partition coefficient (Wildman–Crippen LogP) is 2.64. The molecular weight excluding hydrogens is 318 g/mol. The number of aliphatic hydroxyl groups is 1. The summed E-state index contributed by atoms with van der Waals surface area (Å²) in [7, 11) is 0. The quantitative estimate of drug-likeness (QED) is 0.922. The van der Waals surface area contributed by atoms with E-state index in [0.717, 1.165) is 25.1 Å². The van der Waals surface area contributed by atoms with Crippen LogP contribution in [0.3, 0.4) is 0 Å². The third kappa shape index (κ3) is 3.60. The Labute approximate surface area is 147 Å². The number of para-hydroxylation sites is 1. The molecule has 0 unspecified atom stereocenters. The van der Waals surface area contributed by atoms with Gasteiger partial charge in [-0.05, 0) is 31.4 Å². The van der Waals surface area contributed by atoms with Crippen LogP contribution in [0.15, 0.2) is 42.6 Å². The first kappa shape index (κ1) is 16.3. The molecule has 0 aliphatic carbocycles. The number of rotatable bonds is 4. The Bertz CT molecular complexity index is 697. The van der Waals surface area contributed by atoms with Gasteiger partial charge in [0.25, 0.3) is 0 Å². The van der Waals surface area contributed by atoms with Gasteiger partial charge < -0.3 is 19.5 Å². The monoisotopic (exact) mass is 341 g/mol. The summed E-state index contributed by atoms with van der Waals surface area (Å²) >= 11 is 0. The van der Waals surface area contributed by atoms with Gasteiger partial charge in [-0.1, -0.05) is 18.2 Å². The summed E-state index contributed by atoms with van der Waals surface area (Å²) in [6.07, 6.45) is 4.21. The minimum atomic E-state index is -0.317. The van der Waals surface area contributed by atoms with Gasteiger partial charge in [0.2, 0.25) is 11.8 Å². The molecule has 3 heterocycles. The number of hydrogen-bond acceptors (Lipinski definition) is 6. The zero-order chi connectivity index (χ0) is 17.1. The van der Waals surface area contributed by atoms with Crippen LogP contribution in [-0.4, -0.2) is 47.0 Å². The van der Waals surface area contributed by atoms with E-state index < -0.39 is 0 Å². The van der Waals surface area contributed by atoms with Crippen LogP contribution in [0.5, 0.6) is 11.6 Å². The first-order chi connectivity index (χ1) is 12.3. The Morgan fingerprint density at radius 3 is 2.88 bits per heavy atom. The number of anilines is 1. The van der Waals surface area contributed by atoms with Gasteiger partial charge in [-0.25, -0.2) is 4.98 Å². The minimum Gasteiger partial charge on any atom is -0.439 e. The SMILES string of the molecule is O[C@@H]1CCOC[C@H]1[C@@H]1CCCN1c1nccc(Oc2ccccc2)n1. The van der Waals surface area contributed by atoms with Crippen molar-refractivity contribution in [3.05, 3.63) is 42.6 Å². The lowest BCUT2D eigenvalue weighted by molar-refractivity contribution is -0.0438. The lowest BCUT2D eigenvalue weighted by Crippen LogP contribution is -2.46. The molecule has 0 radical (unpaired) electrons. The molecule has 0 spiro atoms. The fourth-order valence-electron chi connectivity index (χ4n) is 3.74. The fraction of sp³-hybridized carbons (Fsp3) is 0.474. The molecule has 2 aliphatic rings. The summed E-state index contributed by atoms with van der Waals surface area (Å²) in [4.78, 5) is 11.2. The van der Waals surface area contributed by atoms with E-state index in [1.807, 2.05) is 30.3 Å². The van der Waals surface area contributed by atoms with Crippen LogP contribution in [-0.2, 0) is 4.74 Å². The van der Waals surface area contributed by atoms with Crippen LogP contribution in [0.25, 0.3) is 0 Å². The molecule has 25 heavy (non-hydrogen) atoms. The molecule has 2 aliphatic heterocycles. The highest BCUT2D eigenvalue weighted by atomic mass is 16.5. The van der Waals surface area contributed by atoms with Crippen LogP contribution in [0.2, 0.25) is 0 Å². The zero-order valence-corrected chi connectivity index (χ0v) is 14.1. The minimum absolute atomic E-state index is 0.110. The van der Waals surface area contributed by atoms with Crippen molar-refractivity contribution in [2.45, 2.75) is 31.4 Å². The Morgan fingerprint density at radius 1 is 1.16 bits per heavy atom. The van der Waals surface area contributed by atoms with E-state index in [4.69, 9.17) is 9.47 Å². The average molecular weight is 341 g/mol. The molecule has 2 saturated heterocycles. The molecule has 3 atom stereocenters. The van der Waals surface area contributed by atoms with E-state index in [2.05, 4.69) is 14.9 Å². The largest absolute Gasteiger partial charge is 0.439 e. The molecule has 132 valence electrons. The average Bonchev–Trinajstić information content (AvgIpc) is 3.13. The van der Waals surface area contributed by atoms with Gasteiger partial charge in [-0.2, -0.15) is 4.98 Å². The molecule has 2 fully saturated rings. The smallest absolute Gasteiger partial charge is 0.228 e. The number of benzene rings is 1. The van der Waals surface area contributed by atoms with Crippen LogP contribution >= 0.6 is 0 Å². The first-order valence-electron chi connectivity index (χ1n) is 8.89. The fourth-order valence-corrected chi connectivity index (χ4v) is 3.74. The van der Waals surface area contributed by atoms with Crippen molar-refractivity contribution in [3.63, 3.8) is 0 Å². The molecule has 0 bridgehead atoms. The van der Waals surface area contributed by atoms with Gasteiger partial charge in [0.05, 0.1) is 12.7 Å². The second kappa shape index (κ2) is 7.37. The van der Waals surface area contributed by atoms with Crippen molar-refractivity contribution in [3.8, 4) is 11.6 Å². The highest BCUT2D eigenvalue weighted by Gasteiger charge is 2.38. The Balaban J connectivity index is 1.53. The zero-order valence-electron chi connectivity index (χ0n) is 14.1. The molecule has 0 saturated carbocycles. The van der Waals surface area contributed by atoms with Gasteiger partial charge >= 0.3 is 0 Å². The van der Waals surface area contributed by atoms with Gasteiger partial charge in [-0.3, -0.25) is 0 Å². The van der Waals surface area contributed by atoms with Crippen molar-refractivity contribution >= 4 is 5.95 Å². The molecule has 1 N–H and O–H groups in total. The summed E-state index contributed by atoms with van der Waals surface area (Å²) in [6, 6.07) is 11.6. The maximum Gasteiger partial charge on any atom is 0.228 e. The van der Waals surface area contributed by atoms with Crippen molar-refractivity contribution < 1.29 is 14.6 Å². The van der Waals surface area contributed by atoms with Crippen molar-refractivity contribution in [1.29, 1.82) is 0 Å². The van der Waals surface area contributed by atoms with Crippen LogP contribution in [0.4, 0.5) is 5.95 Å². The topological polar surface area (TPSA) is 67.7 Å². The maximum atomic E-state index is 10.4. The van der Waals surface area contributed by atoms with E-state index in [0.29, 0.717) is 31.5 Å². The number of hydrogen-bond donors (Lipinski definition) is 1. The number of nitrogens with zero attached hydrogens (tertiary/aromatic N) is 3. The molecule has 4 rings (SSSR count). The molecule has 1 aromatic carbocycles. The Hall–Kier alpha value is -2.18. The van der Waals surface area contributed by atoms with Gasteiger partial charge in [-0.15, -0.1) is 0 Å². The molecule has 6 heteroatoms. The highest BCUT2D eigenvalue weighted by Crippen LogP contribution is 2.32. The van der Waals surface area contributed by atoms with E-state index in [1.165, 1.54) is 0 Å². The number of ether oxygens (including phenoxy) is 2. The highest BCUT2D eigenvalue weighted by molar-refractivity contribution is 5.37. The van der Waals surface area contributed by atoms with Crippen LogP contribution in [0, 0.1) is 5.92 Å². The van der Waals surface area contributed by atoms with Crippen LogP contribution < -0.4 is 9.64 Å². The summed E-state index contributed by atoms with van der Waals surface area (Å²) in [6.45, 7) is 2.13. The summed E-state index contributed by atoms with van der Waals surface area (Å²) in [5, 5.41) is 10.4. The molecular formula is C19H23N3O3. The molecule has 0 amide bonds. The van der Waals surface area contributed by atoms with E-state index >= 15 is 0 Å². The third-order valence-corrected chi connectivity index (χ3v) is 5.00. The molecule has 1 aromatic heterocycles. The van der Waals surface area contributed by atoms with E-state index in [9.17, 15) is 5.11 Å². The number of aliphatic hydroxyl groups excluding tert-OH is 1. The Morgan fingerprint density at radius 2 is 2.04 bits per heavy atom. The normalized spacial score (nSPS) is 26.6.